The van der Waals surface area contributed by atoms with E-state index in [2.05, 4.69) is 20.8 Å². The minimum Gasteiger partial charge on any atom is -0.491 e. The van der Waals surface area contributed by atoms with Crippen LogP contribution < -0.4 is 4.74 Å². The maximum atomic E-state index is 12.8. The Morgan fingerprint density at radius 1 is 1.24 bits per heavy atom. The van der Waals surface area contributed by atoms with Gasteiger partial charge in [-0.15, -0.1) is 0 Å². The Hall–Kier alpha value is -1.48. The van der Waals surface area contributed by atoms with Crippen molar-refractivity contribution in [2.75, 3.05) is 33.3 Å². The molecule has 1 fully saturated rings. The summed E-state index contributed by atoms with van der Waals surface area (Å²) in [5.74, 6) is 0.180. The molecule has 1 amide bonds. The highest BCUT2D eigenvalue weighted by molar-refractivity contribution is 9.10. The minimum atomic E-state index is -4.40. The van der Waals surface area contributed by atoms with Crippen LogP contribution >= 0.6 is 15.9 Å². The summed E-state index contributed by atoms with van der Waals surface area (Å²) in [4.78, 5) is 16.0. The quantitative estimate of drug-likeness (QED) is 0.582. The maximum Gasteiger partial charge on any atom is 0.416 e. The number of halogens is 4. The Labute approximate surface area is 178 Å². The fraction of sp³-hybridized carbons (Fsp3) is 0.650. The molecule has 0 atom stereocenters. The van der Waals surface area contributed by atoms with Gasteiger partial charge in [-0.25, -0.2) is 4.79 Å². The minimum absolute atomic E-state index is 0.111. The molecule has 0 N–H and O–H groups in total. The lowest BCUT2D eigenvalue weighted by molar-refractivity contribution is -0.137. The van der Waals surface area contributed by atoms with Gasteiger partial charge in [0.25, 0.3) is 0 Å². The van der Waals surface area contributed by atoms with Gasteiger partial charge in [-0.05, 0) is 67.7 Å². The number of rotatable bonds is 5. The lowest BCUT2D eigenvalue weighted by atomic mass is 10.0. The summed E-state index contributed by atoms with van der Waals surface area (Å²) in [6, 6.07) is 3.48. The molecule has 1 aliphatic rings. The Morgan fingerprint density at radius 3 is 2.41 bits per heavy atom. The highest BCUT2D eigenvalue weighted by Crippen LogP contribution is 2.35. The molecule has 0 radical (unpaired) electrons. The van der Waals surface area contributed by atoms with Gasteiger partial charge in [0.1, 0.15) is 18.0 Å². The number of carbonyl (C=O) groups is 1. The van der Waals surface area contributed by atoms with Gasteiger partial charge < -0.3 is 14.4 Å². The number of carbonyl (C=O) groups excluding carboxylic acids is 1. The van der Waals surface area contributed by atoms with E-state index in [9.17, 15) is 18.0 Å². The number of likely N-dealkylation sites (tertiary alicyclic amines) is 1. The summed E-state index contributed by atoms with van der Waals surface area (Å²) in [5, 5.41) is 0. The van der Waals surface area contributed by atoms with Crippen LogP contribution in [0.5, 0.6) is 5.75 Å². The highest BCUT2D eigenvalue weighted by atomic mass is 79.9. The van der Waals surface area contributed by atoms with Gasteiger partial charge in [-0.3, -0.25) is 4.90 Å². The molecule has 0 aliphatic carbocycles. The molecular formula is C20H28BrF3N2O3. The molecule has 1 aromatic carbocycles. The molecule has 9 heteroatoms. The van der Waals surface area contributed by atoms with Gasteiger partial charge in [0.05, 0.1) is 10.0 Å². The Bertz CT molecular complexity index is 699. The van der Waals surface area contributed by atoms with Gasteiger partial charge in [-0.2, -0.15) is 13.2 Å². The molecule has 0 unspecified atom stereocenters. The van der Waals surface area contributed by atoms with E-state index in [1.54, 1.807) is 11.9 Å². The fourth-order valence-electron chi connectivity index (χ4n) is 3.09. The fourth-order valence-corrected chi connectivity index (χ4v) is 3.45. The van der Waals surface area contributed by atoms with Crippen LogP contribution in [0, 0.1) is 0 Å². The predicted molar refractivity (Wildman–Crippen MR) is 108 cm³/mol. The van der Waals surface area contributed by atoms with Crippen LogP contribution in [-0.4, -0.2) is 60.8 Å². The van der Waals surface area contributed by atoms with Crippen LogP contribution in [0.3, 0.4) is 0 Å². The van der Waals surface area contributed by atoms with E-state index in [4.69, 9.17) is 9.47 Å². The second-order valence-corrected chi connectivity index (χ2v) is 9.01. The second-order valence-electron chi connectivity index (χ2n) is 8.16. The van der Waals surface area contributed by atoms with E-state index in [1.165, 1.54) is 6.07 Å². The summed E-state index contributed by atoms with van der Waals surface area (Å²) in [7, 11) is 1.75. The van der Waals surface area contributed by atoms with Gasteiger partial charge in [-0.1, -0.05) is 0 Å². The van der Waals surface area contributed by atoms with E-state index < -0.39 is 17.3 Å². The van der Waals surface area contributed by atoms with Crippen LogP contribution in [-0.2, 0) is 10.9 Å². The van der Waals surface area contributed by atoms with Crippen LogP contribution in [0.15, 0.2) is 22.7 Å². The van der Waals surface area contributed by atoms with E-state index in [-0.39, 0.29) is 24.5 Å². The van der Waals surface area contributed by atoms with Crippen molar-refractivity contribution in [3.8, 4) is 5.75 Å². The van der Waals surface area contributed by atoms with Crippen molar-refractivity contribution in [1.29, 1.82) is 0 Å². The van der Waals surface area contributed by atoms with Crippen molar-refractivity contribution in [1.82, 2.24) is 9.80 Å². The SMILES string of the molecule is CN(C(=O)OC(C)(C)C)C1CCN(CCOc2cc(C(F)(F)F)ccc2Br)CC1. The zero-order chi connectivity index (χ0) is 21.8. The van der Waals surface area contributed by atoms with Crippen molar-refractivity contribution >= 4 is 22.0 Å². The van der Waals surface area contributed by atoms with Crippen LogP contribution in [0.1, 0.15) is 39.2 Å². The third-order valence-corrected chi connectivity index (χ3v) is 5.37. The van der Waals surface area contributed by atoms with E-state index in [1.807, 2.05) is 20.8 Å². The molecule has 5 nitrogen and oxygen atoms in total. The molecule has 0 spiro atoms. The molecule has 164 valence electrons. The smallest absolute Gasteiger partial charge is 0.416 e. The molecule has 1 aliphatic heterocycles. The Kier molecular flexibility index (Phi) is 7.84. The van der Waals surface area contributed by atoms with Crippen LogP contribution in [0.4, 0.5) is 18.0 Å². The second kappa shape index (κ2) is 9.55. The number of alkyl halides is 3. The number of ether oxygens (including phenoxy) is 2. The van der Waals surface area contributed by atoms with Crippen molar-refractivity contribution in [2.45, 2.75) is 51.4 Å². The molecule has 0 saturated carbocycles. The average Bonchev–Trinajstić information content (AvgIpc) is 2.61. The highest BCUT2D eigenvalue weighted by Gasteiger charge is 2.31. The summed E-state index contributed by atoms with van der Waals surface area (Å²) < 4.78 is 50.0. The Balaban J connectivity index is 1.79. The first-order valence-corrected chi connectivity index (χ1v) is 10.3. The Morgan fingerprint density at radius 2 is 1.86 bits per heavy atom. The number of piperidine rings is 1. The van der Waals surface area contributed by atoms with E-state index in [0.29, 0.717) is 11.0 Å². The molecule has 0 aromatic heterocycles. The van der Waals surface area contributed by atoms with Crippen molar-refractivity contribution in [3.05, 3.63) is 28.2 Å². The number of hydrogen-bond donors (Lipinski definition) is 0. The number of benzene rings is 1. The summed E-state index contributed by atoms with van der Waals surface area (Å²) in [6.45, 7) is 7.96. The molecule has 2 rings (SSSR count). The van der Waals surface area contributed by atoms with Gasteiger partial charge in [0.2, 0.25) is 0 Å². The zero-order valence-corrected chi connectivity index (χ0v) is 18.8. The average molecular weight is 481 g/mol. The summed E-state index contributed by atoms with van der Waals surface area (Å²) in [6.07, 6.45) is -3.11. The number of amides is 1. The molecule has 1 aromatic rings. The largest absolute Gasteiger partial charge is 0.491 e. The van der Waals surface area contributed by atoms with Crippen LogP contribution in [0.2, 0.25) is 0 Å². The molecular weight excluding hydrogens is 453 g/mol. The first-order valence-electron chi connectivity index (χ1n) is 9.54. The molecule has 0 bridgehead atoms. The topological polar surface area (TPSA) is 42.0 Å². The first-order chi connectivity index (χ1) is 13.4. The lowest BCUT2D eigenvalue weighted by Crippen LogP contribution is -2.47. The van der Waals surface area contributed by atoms with E-state index >= 15 is 0 Å². The third kappa shape index (κ3) is 7.37. The van der Waals surface area contributed by atoms with E-state index in [0.717, 1.165) is 38.1 Å². The predicted octanol–water partition coefficient (Wildman–Crippen LogP) is 5.18. The summed E-state index contributed by atoms with van der Waals surface area (Å²) in [5.41, 5.74) is -1.26. The van der Waals surface area contributed by atoms with Gasteiger partial charge >= 0.3 is 12.3 Å². The normalized spacial score (nSPS) is 16.6. The molecule has 29 heavy (non-hydrogen) atoms. The van der Waals surface area contributed by atoms with Crippen molar-refractivity contribution in [3.63, 3.8) is 0 Å². The van der Waals surface area contributed by atoms with Crippen molar-refractivity contribution < 1.29 is 27.4 Å². The zero-order valence-electron chi connectivity index (χ0n) is 17.2. The standard InChI is InChI=1S/C20H28BrF3N2O3/c1-19(2,3)29-18(27)25(4)15-7-9-26(10-8-15)11-12-28-17-13-14(20(22,23)24)5-6-16(17)21/h5-6,13,15H,7-12H2,1-4H3. The van der Waals surface area contributed by atoms with Crippen LogP contribution in [0.25, 0.3) is 0 Å². The number of hydrogen-bond acceptors (Lipinski definition) is 4. The van der Waals surface area contributed by atoms with Crippen molar-refractivity contribution in [2.24, 2.45) is 0 Å². The third-order valence-electron chi connectivity index (χ3n) is 4.71. The van der Waals surface area contributed by atoms with Gasteiger partial charge in [0.15, 0.2) is 0 Å². The number of nitrogens with zero attached hydrogens (tertiary/aromatic N) is 2. The maximum absolute atomic E-state index is 12.8. The monoisotopic (exact) mass is 480 g/mol. The van der Waals surface area contributed by atoms with Gasteiger partial charge in [0, 0.05) is 32.7 Å². The summed E-state index contributed by atoms with van der Waals surface area (Å²) >= 11 is 3.23. The molecule has 1 saturated heterocycles. The molecule has 1 heterocycles. The lowest BCUT2D eigenvalue weighted by Gasteiger charge is -2.37. The first kappa shape index (κ1) is 23.8.